The molecule has 1 fully saturated rings. The predicted molar refractivity (Wildman–Crippen MR) is 134 cm³/mol. The van der Waals surface area contributed by atoms with Gasteiger partial charge in [-0.3, -0.25) is 14.6 Å². The number of amides is 3. The smallest absolute Gasteiger partial charge is 0.345 e. The van der Waals surface area contributed by atoms with Crippen molar-refractivity contribution in [3.8, 4) is 17.2 Å². The predicted octanol–water partition coefficient (Wildman–Crippen LogP) is 1.76. The summed E-state index contributed by atoms with van der Waals surface area (Å²) in [5, 5.41) is 4.19. The van der Waals surface area contributed by atoms with Gasteiger partial charge in [-0.1, -0.05) is 24.3 Å². The topological polar surface area (TPSA) is 102 Å². The first-order valence-electron chi connectivity index (χ1n) is 11.5. The van der Waals surface area contributed by atoms with Crippen LogP contribution in [0.2, 0.25) is 0 Å². The van der Waals surface area contributed by atoms with Crippen LogP contribution in [0, 0.1) is 0 Å². The zero-order chi connectivity index (χ0) is 25.7. The minimum atomic E-state index is -0.727. The Morgan fingerprint density at radius 3 is 2.78 bits per heavy atom. The standard InChI is InChI=1S/C25H29BN4O6/c1-4-9-35-30-21-14-29(25(30)32)20(10-16(21)2)24(31)28-12-18-11-22(23(36-26)13-27-18)34-15-17-5-7-19(33-3)8-6-17/h4-8,10-11,13,20-21H,1,9,12,14-15,26H2,2-3H3,(H,28,31)/t20-,21+/m0/s1. The van der Waals surface area contributed by atoms with Crippen molar-refractivity contribution in [1.82, 2.24) is 20.3 Å². The second-order valence-electron chi connectivity index (χ2n) is 8.40. The van der Waals surface area contributed by atoms with Crippen molar-refractivity contribution in [3.05, 3.63) is 72.1 Å². The number of aromatic nitrogens is 1. The number of hydrogen-bond acceptors (Lipinski definition) is 7. The van der Waals surface area contributed by atoms with E-state index in [0.29, 0.717) is 30.3 Å². The summed E-state index contributed by atoms with van der Waals surface area (Å²) in [6.07, 6.45) is 4.92. The van der Waals surface area contributed by atoms with Crippen molar-refractivity contribution in [2.45, 2.75) is 32.2 Å². The van der Waals surface area contributed by atoms with Crippen LogP contribution < -0.4 is 19.4 Å². The monoisotopic (exact) mass is 492 g/mol. The first-order chi connectivity index (χ1) is 17.4. The first-order valence-corrected chi connectivity index (χ1v) is 11.5. The molecule has 0 unspecified atom stereocenters. The molecule has 2 aromatic rings. The molecule has 4 rings (SSSR count). The molecule has 1 N–H and O–H groups in total. The molecule has 2 aliphatic rings. The maximum absolute atomic E-state index is 13.0. The lowest BCUT2D eigenvalue weighted by molar-refractivity contribution is -0.124. The lowest BCUT2D eigenvalue weighted by Crippen LogP contribution is -2.48. The second kappa shape index (κ2) is 11.2. The van der Waals surface area contributed by atoms with Crippen LogP contribution in [0.15, 0.2) is 60.8 Å². The van der Waals surface area contributed by atoms with Gasteiger partial charge in [0.05, 0.1) is 44.7 Å². The van der Waals surface area contributed by atoms with Crippen LogP contribution in [0.1, 0.15) is 18.2 Å². The van der Waals surface area contributed by atoms with Crippen molar-refractivity contribution in [2.24, 2.45) is 0 Å². The van der Waals surface area contributed by atoms with Crippen molar-refractivity contribution < 1.29 is 28.6 Å². The van der Waals surface area contributed by atoms with Crippen LogP contribution in [0.25, 0.3) is 0 Å². The molecule has 2 atom stereocenters. The van der Waals surface area contributed by atoms with Crippen molar-refractivity contribution in [2.75, 3.05) is 20.3 Å². The summed E-state index contributed by atoms with van der Waals surface area (Å²) in [4.78, 5) is 37.2. The van der Waals surface area contributed by atoms with E-state index in [1.54, 1.807) is 39.6 Å². The summed E-state index contributed by atoms with van der Waals surface area (Å²) in [5.74, 6) is 1.46. The van der Waals surface area contributed by atoms with Gasteiger partial charge in [-0.2, -0.15) is 5.06 Å². The van der Waals surface area contributed by atoms with Crippen LogP contribution in [0.5, 0.6) is 17.2 Å². The number of rotatable bonds is 11. The van der Waals surface area contributed by atoms with E-state index >= 15 is 0 Å². The fourth-order valence-electron chi connectivity index (χ4n) is 4.10. The van der Waals surface area contributed by atoms with Gasteiger partial charge in [0.15, 0.2) is 11.5 Å². The summed E-state index contributed by atoms with van der Waals surface area (Å²) in [7, 11) is 3.16. The van der Waals surface area contributed by atoms with Crippen molar-refractivity contribution in [3.63, 3.8) is 0 Å². The normalized spacial score (nSPS) is 18.5. The molecule has 3 amide bonds. The molecule has 0 spiro atoms. The van der Waals surface area contributed by atoms with Gasteiger partial charge in [0, 0.05) is 6.07 Å². The Morgan fingerprint density at radius 1 is 1.31 bits per heavy atom. The molecule has 1 aromatic carbocycles. The van der Waals surface area contributed by atoms with E-state index in [1.807, 2.05) is 31.2 Å². The van der Waals surface area contributed by atoms with Crippen molar-refractivity contribution >= 4 is 20.0 Å². The molecule has 0 saturated carbocycles. The van der Waals surface area contributed by atoms with E-state index < -0.39 is 6.04 Å². The highest BCUT2D eigenvalue weighted by Gasteiger charge is 2.47. The third kappa shape index (κ3) is 5.31. The zero-order valence-corrected chi connectivity index (χ0v) is 20.6. The van der Waals surface area contributed by atoms with Gasteiger partial charge in [-0.25, -0.2) is 4.79 Å². The lowest BCUT2D eigenvalue weighted by atomic mass is 10.0. The van der Waals surface area contributed by atoms with E-state index in [-0.39, 0.29) is 31.1 Å². The molecule has 0 radical (unpaired) electrons. The maximum Gasteiger partial charge on any atom is 0.345 e. The number of nitrogens with one attached hydrogen (secondary N) is 1. The van der Waals surface area contributed by atoms with Gasteiger partial charge in [0.1, 0.15) is 18.4 Å². The number of carbonyl (C=O) groups excluding carboxylic acids is 2. The van der Waals surface area contributed by atoms with E-state index in [1.165, 1.54) is 9.96 Å². The SMILES string of the molecule is BOc1cnc(CNC(=O)[C@@H]2C=C(C)[C@H]3CN2C(=O)N3OCC=C)cc1OCc1ccc(OC)cc1. The van der Waals surface area contributed by atoms with E-state index in [2.05, 4.69) is 16.9 Å². The number of methoxy groups -OCH3 is 1. The molecule has 1 aromatic heterocycles. The molecular formula is C25H29BN4O6. The molecule has 1 saturated heterocycles. The Hall–Kier alpha value is -3.99. The highest BCUT2D eigenvalue weighted by atomic mass is 16.7. The number of fused-ring (bicyclic) bond motifs is 2. The lowest BCUT2D eigenvalue weighted by Gasteiger charge is -2.27. The third-order valence-corrected chi connectivity index (χ3v) is 6.07. The Bertz CT molecular complexity index is 1160. The number of pyridine rings is 1. The summed E-state index contributed by atoms with van der Waals surface area (Å²) >= 11 is 0. The Balaban J connectivity index is 1.39. The number of hydrogen-bond donors (Lipinski definition) is 1. The highest BCUT2D eigenvalue weighted by molar-refractivity contribution is 6.00. The Labute approximate surface area is 210 Å². The number of benzene rings is 1. The zero-order valence-electron chi connectivity index (χ0n) is 20.6. The molecule has 10 nitrogen and oxygen atoms in total. The van der Waals surface area contributed by atoms with Gasteiger partial charge >= 0.3 is 14.1 Å². The van der Waals surface area contributed by atoms with Gasteiger partial charge < -0.3 is 24.3 Å². The minimum absolute atomic E-state index is 0.160. The first kappa shape index (κ1) is 25.1. The van der Waals surface area contributed by atoms with Gasteiger partial charge in [-0.05, 0) is 30.2 Å². The summed E-state index contributed by atoms with van der Waals surface area (Å²) in [6, 6.07) is 8.01. The van der Waals surface area contributed by atoms with Gasteiger partial charge in [0.2, 0.25) is 5.91 Å². The quantitative estimate of drug-likeness (QED) is 0.377. The molecule has 11 heteroatoms. The van der Waals surface area contributed by atoms with E-state index in [9.17, 15) is 9.59 Å². The number of nitrogens with zero attached hydrogens (tertiary/aromatic N) is 3. The number of ether oxygens (including phenoxy) is 2. The summed E-state index contributed by atoms with van der Waals surface area (Å²) < 4.78 is 16.5. The van der Waals surface area contributed by atoms with Crippen LogP contribution >= 0.6 is 0 Å². The van der Waals surface area contributed by atoms with Crippen LogP contribution in [0.4, 0.5) is 4.79 Å². The molecule has 3 heterocycles. The highest BCUT2D eigenvalue weighted by Crippen LogP contribution is 2.30. The fraction of sp³-hybridized carbons (Fsp3) is 0.320. The summed E-state index contributed by atoms with van der Waals surface area (Å²) in [5.41, 5.74) is 2.45. The minimum Gasteiger partial charge on any atom is -0.564 e. The number of carbonyl (C=O) groups is 2. The fourth-order valence-corrected chi connectivity index (χ4v) is 4.10. The molecule has 2 bridgehead atoms. The van der Waals surface area contributed by atoms with Crippen LogP contribution in [-0.4, -0.2) is 67.3 Å². The average molecular weight is 492 g/mol. The number of hydroxylamine groups is 2. The Kier molecular flexibility index (Phi) is 7.79. The van der Waals surface area contributed by atoms with Gasteiger partial charge in [0.25, 0.3) is 0 Å². The van der Waals surface area contributed by atoms with Crippen molar-refractivity contribution in [1.29, 1.82) is 0 Å². The average Bonchev–Trinajstić information content (AvgIpc) is 3.19. The molecular weight excluding hydrogens is 463 g/mol. The molecule has 188 valence electrons. The maximum atomic E-state index is 13.0. The number of urea groups is 1. The van der Waals surface area contributed by atoms with Crippen LogP contribution in [-0.2, 0) is 22.8 Å². The second-order valence-corrected chi connectivity index (χ2v) is 8.40. The Morgan fingerprint density at radius 2 is 2.08 bits per heavy atom. The molecule has 36 heavy (non-hydrogen) atoms. The molecule has 2 aliphatic heterocycles. The third-order valence-electron chi connectivity index (χ3n) is 6.07. The molecule has 0 aliphatic carbocycles. The van der Waals surface area contributed by atoms with Crippen LogP contribution in [0.3, 0.4) is 0 Å². The van der Waals surface area contributed by atoms with E-state index in [0.717, 1.165) is 16.9 Å². The van der Waals surface area contributed by atoms with E-state index in [4.69, 9.17) is 19.0 Å². The largest absolute Gasteiger partial charge is 0.564 e. The van der Waals surface area contributed by atoms with Gasteiger partial charge in [-0.15, -0.1) is 6.58 Å². The summed E-state index contributed by atoms with van der Waals surface area (Å²) in [6.45, 7) is 6.60.